The lowest BCUT2D eigenvalue weighted by Gasteiger charge is -2.36. The summed E-state index contributed by atoms with van der Waals surface area (Å²) in [6, 6.07) is 3.43. The highest BCUT2D eigenvalue weighted by Crippen LogP contribution is 2.41. The quantitative estimate of drug-likeness (QED) is 0.631. The highest BCUT2D eigenvalue weighted by atomic mass is 32.1. The topological polar surface area (TPSA) is 93.1 Å². The number of aryl methyl sites for hydroxylation is 1. The van der Waals surface area contributed by atoms with Crippen LogP contribution in [0.1, 0.15) is 49.2 Å². The lowest BCUT2D eigenvalue weighted by molar-refractivity contribution is -0.150. The number of nitrogens with zero attached hydrogens (tertiary/aromatic N) is 4. The van der Waals surface area contributed by atoms with Gasteiger partial charge in [0.2, 0.25) is 10.8 Å². The molecule has 4 heterocycles. The molecule has 1 aliphatic rings. The molecule has 9 heteroatoms. The van der Waals surface area contributed by atoms with Crippen molar-refractivity contribution in [2.24, 2.45) is 5.92 Å². The monoisotopic (exact) mass is 404 g/mol. The molecule has 0 saturated carbocycles. The normalized spacial score (nSPS) is 19.1. The first-order chi connectivity index (χ1) is 13.6. The van der Waals surface area contributed by atoms with Crippen molar-refractivity contribution in [1.29, 1.82) is 0 Å². The SMILES string of the molecule is CCOC(=O)[C@H]1CCCN([C@H](c2ccco2)c2sc3nc(CC)nn3c2O)C1. The Hall–Kier alpha value is -2.39. The number of aromatic hydroxyl groups is 1. The van der Waals surface area contributed by atoms with Crippen LogP contribution < -0.4 is 0 Å². The van der Waals surface area contributed by atoms with Crippen LogP contribution in [0, 0.1) is 5.92 Å². The minimum absolute atomic E-state index is 0.0758. The minimum Gasteiger partial charge on any atom is -0.492 e. The highest BCUT2D eigenvalue weighted by Gasteiger charge is 2.36. The van der Waals surface area contributed by atoms with Gasteiger partial charge in [-0.3, -0.25) is 9.69 Å². The van der Waals surface area contributed by atoms with E-state index in [9.17, 15) is 9.90 Å². The molecule has 1 aliphatic heterocycles. The lowest BCUT2D eigenvalue weighted by Crippen LogP contribution is -2.41. The summed E-state index contributed by atoms with van der Waals surface area (Å²) >= 11 is 1.40. The van der Waals surface area contributed by atoms with Gasteiger partial charge in [0, 0.05) is 13.0 Å². The second-order valence-electron chi connectivity index (χ2n) is 6.87. The molecule has 8 nitrogen and oxygen atoms in total. The molecule has 28 heavy (non-hydrogen) atoms. The van der Waals surface area contributed by atoms with E-state index in [0.717, 1.165) is 30.0 Å². The fourth-order valence-corrected chi connectivity index (χ4v) is 4.85. The van der Waals surface area contributed by atoms with Crippen molar-refractivity contribution in [3.05, 3.63) is 34.9 Å². The standard InChI is InChI=1S/C19H24N4O4S/c1-3-14-20-19-23(21-14)17(24)16(28-19)15(13-8-6-10-27-13)22-9-5-7-12(11-22)18(25)26-4-2/h6,8,10,12,15,24H,3-5,7,9,11H2,1-2H3/t12-,15+/m0/s1. The molecule has 0 amide bonds. The first-order valence-electron chi connectivity index (χ1n) is 9.63. The maximum atomic E-state index is 12.3. The van der Waals surface area contributed by atoms with Gasteiger partial charge in [-0.25, -0.2) is 4.98 Å². The first kappa shape index (κ1) is 18.9. The summed E-state index contributed by atoms with van der Waals surface area (Å²) < 4.78 is 12.4. The number of hydrogen-bond acceptors (Lipinski definition) is 8. The largest absolute Gasteiger partial charge is 0.492 e. The van der Waals surface area contributed by atoms with E-state index in [1.54, 1.807) is 6.26 Å². The number of hydrogen-bond donors (Lipinski definition) is 1. The Morgan fingerprint density at radius 2 is 2.36 bits per heavy atom. The summed E-state index contributed by atoms with van der Waals surface area (Å²) in [6.07, 6.45) is 4.01. The number of furan rings is 1. The van der Waals surface area contributed by atoms with Crippen molar-refractivity contribution in [2.75, 3.05) is 19.7 Å². The number of carbonyl (C=O) groups is 1. The number of rotatable bonds is 6. The van der Waals surface area contributed by atoms with Crippen LogP contribution in [0.25, 0.3) is 4.96 Å². The van der Waals surface area contributed by atoms with Gasteiger partial charge in [-0.2, -0.15) is 4.52 Å². The van der Waals surface area contributed by atoms with Crippen LogP contribution in [-0.2, 0) is 16.0 Å². The van der Waals surface area contributed by atoms with E-state index in [-0.39, 0.29) is 23.8 Å². The Kier molecular flexibility index (Phi) is 5.36. The van der Waals surface area contributed by atoms with Crippen molar-refractivity contribution in [3.63, 3.8) is 0 Å². The second kappa shape index (κ2) is 7.92. The average Bonchev–Trinajstić information content (AvgIpc) is 3.42. The molecule has 0 aliphatic carbocycles. The van der Waals surface area contributed by atoms with Crippen LogP contribution >= 0.6 is 11.3 Å². The van der Waals surface area contributed by atoms with Crippen molar-refractivity contribution < 1.29 is 19.1 Å². The molecule has 0 bridgehead atoms. The van der Waals surface area contributed by atoms with E-state index in [0.29, 0.717) is 30.4 Å². The first-order valence-corrected chi connectivity index (χ1v) is 10.4. The molecule has 0 radical (unpaired) electrons. The molecule has 0 aromatic carbocycles. The summed E-state index contributed by atoms with van der Waals surface area (Å²) in [5.41, 5.74) is 0. The third-order valence-corrected chi connectivity index (χ3v) is 6.13. The van der Waals surface area contributed by atoms with E-state index in [2.05, 4.69) is 15.0 Å². The predicted octanol–water partition coefficient (Wildman–Crippen LogP) is 3.02. The van der Waals surface area contributed by atoms with Crippen LogP contribution in [0.2, 0.25) is 0 Å². The summed E-state index contributed by atoms with van der Waals surface area (Å²) in [6.45, 7) is 5.53. The molecule has 3 aromatic heterocycles. The molecule has 1 fully saturated rings. The number of thiazole rings is 1. The Morgan fingerprint density at radius 3 is 3.04 bits per heavy atom. The second-order valence-corrected chi connectivity index (χ2v) is 7.88. The molecule has 0 spiro atoms. The molecule has 0 unspecified atom stereocenters. The number of fused-ring (bicyclic) bond motifs is 1. The van der Waals surface area contributed by atoms with E-state index >= 15 is 0 Å². The Morgan fingerprint density at radius 1 is 1.50 bits per heavy atom. The fourth-order valence-electron chi connectivity index (χ4n) is 3.73. The van der Waals surface area contributed by atoms with Gasteiger partial charge in [0.15, 0.2) is 5.82 Å². The van der Waals surface area contributed by atoms with Crippen LogP contribution in [0.15, 0.2) is 22.8 Å². The Labute approximate surface area is 166 Å². The third-order valence-electron chi connectivity index (χ3n) is 5.06. The van der Waals surface area contributed by atoms with Gasteiger partial charge < -0.3 is 14.3 Å². The summed E-state index contributed by atoms with van der Waals surface area (Å²) in [5, 5.41) is 15.2. The van der Waals surface area contributed by atoms with Crippen molar-refractivity contribution in [1.82, 2.24) is 19.5 Å². The number of aromatic nitrogens is 3. The van der Waals surface area contributed by atoms with Gasteiger partial charge >= 0.3 is 5.97 Å². The van der Waals surface area contributed by atoms with E-state index < -0.39 is 0 Å². The summed E-state index contributed by atoms with van der Waals surface area (Å²) in [5.74, 6) is 1.15. The molecule has 4 rings (SSSR count). The zero-order valence-corrected chi connectivity index (χ0v) is 16.8. The van der Waals surface area contributed by atoms with E-state index in [1.165, 1.54) is 15.9 Å². The van der Waals surface area contributed by atoms with Gasteiger partial charge in [0.25, 0.3) is 0 Å². The van der Waals surface area contributed by atoms with E-state index in [1.807, 2.05) is 26.0 Å². The highest BCUT2D eigenvalue weighted by molar-refractivity contribution is 7.17. The van der Waals surface area contributed by atoms with Crippen molar-refractivity contribution in [3.8, 4) is 5.88 Å². The maximum absolute atomic E-state index is 12.3. The van der Waals surface area contributed by atoms with Gasteiger partial charge in [-0.1, -0.05) is 18.3 Å². The number of esters is 1. The predicted molar refractivity (Wildman–Crippen MR) is 103 cm³/mol. The molecule has 1 saturated heterocycles. The minimum atomic E-state index is -0.300. The molecule has 1 N–H and O–H groups in total. The third kappa shape index (κ3) is 3.40. The average molecular weight is 404 g/mol. The molecule has 2 atom stereocenters. The Balaban J connectivity index is 1.70. The van der Waals surface area contributed by atoms with Gasteiger partial charge in [-0.05, 0) is 38.4 Å². The lowest BCUT2D eigenvalue weighted by atomic mass is 9.96. The smallest absolute Gasteiger partial charge is 0.310 e. The van der Waals surface area contributed by atoms with Crippen LogP contribution in [-0.4, -0.2) is 50.3 Å². The van der Waals surface area contributed by atoms with Crippen LogP contribution in [0.3, 0.4) is 0 Å². The maximum Gasteiger partial charge on any atom is 0.310 e. The Bertz CT molecular complexity index is 949. The fraction of sp³-hybridized carbons (Fsp3) is 0.526. The molecule has 150 valence electrons. The summed E-state index contributed by atoms with van der Waals surface area (Å²) in [4.78, 5) is 20.3. The van der Waals surface area contributed by atoms with Gasteiger partial charge in [-0.15, -0.1) is 5.10 Å². The zero-order chi connectivity index (χ0) is 19.7. The van der Waals surface area contributed by atoms with Crippen molar-refractivity contribution in [2.45, 2.75) is 39.2 Å². The number of carbonyl (C=O) groups excluding carboxylic acids is 1. The van der Waals surface area contributed by atoms with Crippen LogP contribution in [0.4, 0.5) is 0 Å². The van der Waals surface area contributed by atoms with Crippen LogP contribution in [0.5, 0.6) is 5.88 Å². The number of likely N-dealkylation sites (tertiary alicyclic amines) is 1. The molecular formula is C19H24N4O4S. The molecule has 3 aromatic rings. The zero-order valence-electron chi connectivity index (χ0n) is 16.0. The van der Waals surface area contributed by atoms with Gasteiger partial charge in [0.05, 0.1) is 23.7 Å². The number of ether oxygens (including phenoxy) is 1. The van der Waals surface area contributed by atoms with Gasteiger partial charge in [0.1, 0.15) is 11.8 Å². The summed E-state index contributed by atoms with van der Waals surface area (Å²) in [7, 11) is 0. The van der Waals surface area contributed by atoms with Crippen molar-refractivity contribution >= 4 is 22.3 Å². The number of piperidine rings is 1. The van der Waals surface area contributed by atoms with E-state index in [4.69, 9.17) is 9.15 Å². The molecular weight excluding hydrogens is 380 g/mol.